The molecular formula is C116H110B2N6. The minimum Gasteiger partial charge on any atom is -0.311 e. The summed E-state index contributed by atoms with van der Waals surface area (Å²) < 4.78 is 4.97. The molecule has 6 heterocycles. The number of hydrogen-bond acceptors (Lipinski definition) is 4. The molecule has 5 aliphatic carbocycles. The Labute approximate surface area is 733 Å². The number of aromatic nitrogens is 2. The molecule has 0 atom stereocenters. The lowest BCUT2D eigenvalue weighted by Gasteiger charge is -2.57. The summed E-state index contributed by atoms with van der Waals surface area (Å²) in [5.74, 6) is 3.09. The zero-order chi connectivity index (χ0) is 83.9. The lowest BCUT2D eigenvalue weighted by molar-refractivity contribution is -0.00514. The van der Waals surface area contributed by atoms with Crippen LogP contribution in [-0.2, 0) is 27.1 Å². The van der Waals surface area contributed by atoms with Crippen LogP contribution in [0.25, 0.3) is 55.0 Å². The van der Waals surface area contributed by atoms with Crippen LogP contribution < -0.4 is 52.4 Å². The van der Waals surface area contributed by atoms with E-state index in [1.54, 1.807) is 5.56 Å². The molecule has 610 valence electrons. The van der Waals surface area contributed by atoms with Crippen LogP contribution >= 0.6 is 0 Å². The van der Waals surface area contributed by atoms with Crippen LogP contribution in [0, 0.1) is 17.8 Å². The van der Waals surface area contributed by atoms with Gasteiger partial charge in [0.05, 0.1) is 22.1 Å². The molecule has 25 rings (SSSR count). The molecule has 0 saturated heterocycles. The number of rotatable bonds is 9. The minimum atomic E-state index is -0.0855. The summed E-state index contributed by atoms with van der Waals surface area (Å²) in [5.41, 5.74) is 40.4. The number of para-hydroxylation sites is 7. The Kier molecular flexibility index (Phi) is 16.8. The third-order valence-electron chi connectivity index (χ3n) is 30.9. The van der Waals surface area contributed by atoms with Gasteiger partial charge in [-0.2, -0.15) is 0 Å². The van der Waals surface area contributed by atoms with E-state index in [0.29, 0.717) is 11.8 Å². The SMILES string of the molecule is CC(C)(C)c1cc(N2c3ccccc3B3c4cc(C5CCC(c6cc7c8c(c6)N(c6ccc(-n9c%10ccccc%10c%10ccccc%109)cc6)c6ccc(-n9c%10ccccc%10c%10ccccc%109)cc6B8c6ccccc6N7c6ccccc6)CC5)ccc4N(c4cc(C(C)(C)C)cc(C(C)(C)C)c4)c4cc(C56CC7CC(CC(C7)C5)C6)cc2c43)cc(C(C)(C)C)c1. The van der Waals surface area contributed by atoms with Crippen molar-refractivity contribution < 1.29 is 0 Å². The second-order valence-electron chi connectivity index (χ2n) is 42.7. The molecular weight excluding hydrogens is 1500 g/mol. The van der Waals surface area contributed by atoms with E-state index in [9.17, 15) is 0 Å². The Morgan fingerprint density at radius 1 is 0.258 bits per heavy atom. The quantitative estimate of drug-likeness (QED) is 0.134. The van der Waals surface area contributed by atoms with Gasteiger partial charge in [0.15, 0.2) is 0 Å². The number of benzene rings is 14. The highest BCUT2D eigenvalue weighted by atomic mass is 15.2. The predicted molar refractivity (Wildman–Crippen MR) is 528 cm³/mol. The maximum atomic E-state index is 2.81. The van der Waals surface area contributed by atoms with E-state index >= 15 is 0 Å². The molecule has 0 radical (unpaired) electrons. The van der Waals surface area contributed by atoms with Gasteiger partial charge in [0, 0.05) is 101 Å². The molecule has 6 nitrogen and oxygen atoms in total. The molecule has 8 heteroatoms. The van der Waals surface area contributed by atoms with Crippen molar-refractivity contribution in [3.05, 3.63) is 336 Å². The Morgan fingerprint density at radius 3 is 1.02 bits per heavy atom. The van der Waals surface area contributed by atoms with Crippen LogP contribution in [0.5, 0.6) is 0 Å². The Morgan fingerprint density at radius 2 is 0.589 bits per heavy atom. The first-order valence-electron chi connectivity index (χ1n) is 46.4. The maximum absolute atomic E-state index is 2.81. The van der Waals surface area contributed by atoms with Crippen molar-refractivity contribution in [2.45, 2.75) is 186 Å². The zero-order valence-electron chi connectivity index (χ0n) is 74.1. The Balaban J connectivity index is 0.670. The number of fused-ring (bicyclic) bond motifs is 14. The van der Waals surface area contributed by atoms with Crippen LogP contribution in [0.3, 0.4) is 0 Å². The highest BCUT2D eigenvalue weighted by Gasteiger charge is 2.54. The van der Waals surface area contributed by atoms with Crippen molar-refractivity contribution in [2.75, 3.05) is 19.6 Å². The second-order valence-corrected chi connectivity index (χ2v) is 42.7. The summed E-state index contributed by atoms with van der Waals surface area (Å²) in [5, 5.41) is 5.05. The van der Waals surface area contributed by atoms with Crippen LogP contribution in [0.15, 0.2) is 297 Å². The molecule has 0 unspecified atom stereocenters. The normalized spacial score (nSPS) is 20.0. The van der Waals surface area contributed by atoms with E-state index in [2.05, 4.69) is 409 Å². The van der Waals surface area contributed by atoms with Crippen LogP contribution in [-0.4, -0.2) is 22.6 Å². The smallest absolute Gasteiger partial charge is 0.252 e. The lowest BCUT2D eigenvalue weighted by atomic mass is 9.33. The minimum absolute atomic E-state index is 0.00153. The summed E-state index contributed by atoms with van der Waals surface area (Å²) in [4.78, 5) is 10.9. The summed E-state index contributed by atoms with van der Waals surface area (Å²) in [6, 6.07) is 117. The van der Waals surface area contributed by atoms with Gasteiger partial charge in [0.2, 0.25) is 0 Å². The number of nitrogens with zero attached hydrogens (tertiary/aromatic N) is 6. The summed E-state index contributed by atoms with van der Waals surface area (Å²) in [6.07, 6.45) is 12.5. The van der Waals surface area contributed by atoms with Gasteiger partial charge in [0.1, 0.15) is 0 Å². The van der Waals surface area contributed by atoms with Gasteiger partial charge in [-0.15, -0.1) is 0 Å². The Hall–Kier alpha value is -12.0. The van der Waals surface area contributed by atoms with Gasteiger partial charge in [-0.25, -0.2) is 0 Å². The van der Waals surface area contributed by atoms with Gasteiger partial charge in [-0.3, -0.25) is 0 Å². The van der Waals surface area contributed by atoms with Crippen molar-refractivity contribution in [1.29, 1.82) is 0 Å². The van der Waals surface area contributed by atoms with Gasteiger partial charge in [-0.1, -0.05) is 235 Å². The zero-order valence-corrected chi connectivity index (χ0v) is 74.1. The topological polar surface area (TPSA) is 22.8 Å². The first kappa shape index (κ1) is 75.7. The first-order valence-corrected chi connectivity index (χ1v) is 46.4. The average molecular weight is 1610 g/mol. The summed E-state index contributed by atoms with van der Waals surface area (Å²) in [6.45, 7) is 28.9. The van der Waals surface area contributed by atoms with E-state index < -0.39 is 0 Å². The second kappa shape index (κ2) is 27.5. The molecule has 9 aliphatic rings. The molecule has 0 amide bonds. The van der Waals surface area contributed by atoms with Crippen molar-refractivity contribution in [2.24, 2.45) is 17.8 Å². The van der Waals surface area contributed by atoms with Crippen molar-refractivity contribution in [1.82, 2.24) is 9.13 Å². The molecule has 4 aliphatic heterocycles. The molecule has 0 N–H and O–H groups in total. The highest BCUT2D eigenvalue weighted by molar-refractivity contribution is 7.01. The summed E-state index contributed by atoms with van der Waals surface area (Å²) in [7, 11) is 0. The maximum Gasteiger partial charge on any atom is 0.252 e. The molecule has 5 saturated carbocycles. The fraction of sp³-hybridized carbons (Fsp3) is 0.276. The third-order valence-corrected chi connectivity index (χ3v) is 30.9. The molecule has 0 spiro atoms. The highest BCUT2D eigenvalue weighted by Crippen LogP contribution is 2.63. The molecule has 16 aromatic rings. The van der Waals surface area contributed by atoms with Gasteiger partial charge in [-0.05, 0) is 338 Å². The fourth-order valence-corrected chi connectivity index (χ4v) is 25.1. The van der Waals surface area contributed by atoms with Crippen molar-refractivity contribution in [3.8, 4) is 11.4 Å². The third kappa shape index (κ3) is 11.8. The van der Waals surface area contributed by atoms with Gasteiger partial charge < -0.3 is 28.7 Å². The molecule has 124 heavy (non-hydrogen) atoms. The molecule has 4 bridgehead atoms. The van der Waals surface area contributed by atoms with Crippen LogP contribution in [0.4, 0.5) is 68.2 Å². The van der Waals surface area contributed by atoms with Gasteiger partial charge >= 0.3 is 0 Å². The molecule has 14 aromatic carbocycles. The van der Waals surface area contributed by atoms with Gasteiger partial charge in [0.25, 0.3) is 13.4 Å². The average Bonchev–Trinajstić information content (AvgIpc) is 0.761. The fourth-order valence-electron chi connectivity index (χ4n) is 25.1. The molecule has 2 aromatic heterocycles. The van der Waals surface area contributed by atoms with E-state index in [1.807, 2.05) is 0 Å². The predicted octanol–water partition coefficient (Wildman–Crippen LogP) is 27.1. The van der Waals surface area contributed by atoms with Crippen molar-refractivity contribution >= 4 is 158 Å². The van der Waals surface area contributed by atoms with Crippen LogP contribution in [0.1, 0.15) is 198 Å². The standard InChI is InChI=1S/C116H110B2N6/c1-112(2,3)79-60-80(113(4,5)6)63-88(62-79)123-103-41-27-21-35-95(103)117-96-57-77(46-52-104(96)124(89-64-81(114(7,8)9)61-82(65-89)115(10,11)12)109-67-83(66-108(123)111(109)117)116-69-72-54-73(70-116)56-74(55-72)71-116)75-42-44-76(45-43-75)78-58-106-110-107(59-78)121(86-49-47-85(48-50-86)119-98-36-22-16-30-90(98)91-31-17-23-37-99(91)119)105-53-51-87(122-100-38-24-18-32-92(100)93-33-19-25-39-101(93)122)68-97(105)118(110)94-34-20-26-40-102(94)120(106)84-28-14-13-15-29-84/h13-41,46-53,57-68,72-76H,42-45,54-56,69-71H2,1-12H3. The van der Waals surface area contributed by atoms with E-state index in [4.69, 9.17) is 0 Å². The van der Waals surface area contributed by atoms with E-state index in [-0.39, 0.29) is 40.5 Å². The van der Waals surface area contributed by atoms with E-state index in [0.717, 1.165) is 60.5 Å². The summed E-state index contributed by atoms with van der Waals surface area (Å²) >= 11 is 0. The lowest BCUT2D eigenvalue weighted by Crippen LogP contribution is -2.61. The Bertz CT molecular complexity index is 6860. The van der Waals surface area contributed by atoms with Crippen molar-refractivity contribution in [3.63, 3.8) is 0 Å². The molecule has 5 fully saturated rings. The number of anilines is 12. The number of hydrogen-bond donors (Lipinski definition) is 0. The first-order chi connectivity index (χ1) is 59.9. The largest absolute Gasteiger partial charge is 0.311 e. The van der Waals surface area contributed by atoms with Crippen LogP contribution in [0.2, 0.25) is 0 Å². The monoisotopic (exact) mass is 1610 g/mol. The van der Waals surface area contributed by atoms with E-state index in [1.165, 1.54) is 211 Å².